The van der Waals surface area contributed by atoms with Crippen molar-refractivity contribution in [2.45, 2.75) is 45.4 Å². The van der Waals surface area contributed by atoms with Gasteiger partial charge in [-0.2, -0.15) is 0 Å². The summed E-state index contributed by atoms with van der Waals surface area (Å²) in [6, 6.07) is 0. The Morgan fingerprint density at radius 2 is 1.92 bits per heavy atom. The Labute approximate surface area is 76.9 Å². The van der Waals surface area contributed by atoms with E-state index in [1.54, 1.807) is 0 Å². The zero-order valence-electron chi connectivity index (χ0n) is 8.68. The molecule has 0 aromatic rings. The molecule has 0 amide bonds. The van der Waals surface area contributed by atoms with Gasteiger partial charge in [-0.05, 0) is 25.2 Å². The molecule has 1 aliphatic carbocycles. The number of hydrogen-bond acceptors (Lipinski definition) is 0. The highest BCUT2D eigenvalue weighted by Crippen LogP contribution is 2.30. The molecule has 0 saturated heterocycles. The van der Waals surface area contributed by atoms with E-state index in [0.717, 1.165) is 11.8 Å². The number of rotatable bonds is 4. The van der Waals surface area contributed by atoms with Crippen molar-refractivity contribution in [3.63, 3.8) is 0 Å². The van der Waals surface area contributed by atoms with Crippen LogP contribution < -0.4 is 5.32 Å². The summed E-state index contributed by atoms with van der Waals surface area (Å²) in [7, 11) is 2.20. The largest absolute Gasteiger partial charge is 0.348 e. The van der Waals surface area contributed by atoms with Gasteiger partial charge in [-0.1, -0.05) is 26.2 Å². The van der Waals surface area contributed by atoms with Gasteiger partial charge in [-0.3, -0.25) is 0 Å². The minimum atomic E-state index is 0.996. The normalized spacial score (nSPS) is 22.5. The fourth-order valence-corrected chi connectivity index (χ4v) is 2.60. The first-order chi connectivity index (χ1) is 5.88. The van der Waals surface area contributed by atoms with Crippen molar-refractivity contribution in [1.82, 2.24) is 0 Å². The van der Waals surface area contributed by atoms with Gasteiger partial charge in [0.15, 0.2) is 0 Å². The molecule has 1 saturated carbocycles. The van der Waals surface area contributed by atoms with Crippen molar-refractivity contribution in [3.8, 4) is 0 Å². The molecule has 0 heterocycles. The lowest BCUT2D eigenvalue weighted by Crippen LogP contribution is -2.81. The summed E-state index contributed by atoms with van der Waals surface area (Å²) >= 11 is 0. The highest BCUT2D eigenvalue weighted by atomic mass is 14.8. The van der Waals surface area contributed by atoms with Gasteiger partial charge in [0, 0.05) is 5.92 Å². The van der Waals surface area contributed by atoms with Crippen LogP contribution in [0, 0.1) is 11.8 Å². The van der Waals surface area contributed by atoms with Gasteiger partial charge in [0.1, 0.15) is 0 Å². The molecule has 2 N–H and O–H groups in total. The molecular weight excluding hydrogens is 146 g/mol. The van der Waals surface area contributed by atoms with Gasteiger partial charge < -0.3 is 5.32 Å². The zero-order valence-corrected chi connectivity index (χ0v) is 8.68. The predicted octanol–water partition coefficient (Wildman–Crippen LogP) is 1.79. The molecule has 1 nitrogen and oxygen atoms in total. The molecule has 0 aromatic carbocycles. The monoisotopic (exact) mass is 170 g/mol. The molecule has 0 aromatic heterocycles. The third-order valence-corrected chi connectivity index (χ3v) is 3.38. The van der Waals surface area contributed by atoms with Crippen LogP contribution in [0.3, 0.4) is 0 Å². The molecular formula is C11H24N+. The maximum atomic E-state index is 2.35. The third-order valence-electron chi connectivity index (χ3n) is 3.38. The second kappa shape index (κ2) is 5.58. The number of quaternary nitrogens is 1. The van der Waals surface area contributed by atoms with Crippen LogP contribution in [0.2, 0.25) is 0 Å². The molecule has 1 atom stereocenters. The Hall–Kier alpha value is -0.0400. The van der Waals surface area contributed by atoms with E-state index in [1.807, 2.05) is 0 Å². The maximum absolute atomic E-state index is 2.35. The Kier molecular flexibility index (Phi) is 4.67. The van der Waals surface area contributed by atoms with E-state index in [4.69, 9.17) is 0 Å². The number of hydrogen-bond donors (Lipinski definition) is 1. The molecule has 1 aliphatic rings. The van der Waals surface area contributed by atoms with E-state index in [0.29, 0.717) is 0 Å². The topological polar surface area (TPSA) is 16.6 Å². The lowest BCUT2D eigenvalue weighted by Gasteiger charge is -2.28. The second-order valence-electron chi connectivity index (χ2n) is 4.21. The minimum absolute atomic E-state index is 0.996. The van der Waals surface area contributed by atoms with Crippen molar-refractivity contribution in [1.29, 1.82) is 0 Å². The van der Waals surface area contributed by atoms with Crippen LogP contribution in [0.25, 0.3) is 0 Å². The first-order valence-corrected chi connectivity index (χ1v) is 5.66. The van der Waals surface area contributed by atoms with Gasteiger partial charge in [-0.15, -0.1) is 0 Å². The molecule has 0 radical (unpaired) electrons. The summed E-state index contributed by atoms with van der Waals surface area (Å²) in [5.41, 5.74) is 0. The molecule has 1 unspecified atom stereocenters. The Bertz CT molecular complexity index is 103. The smallest absolute Gasteiger partial charge is 0.0784 e. The predicted molar refractivity (Wildman–Crippen MR) is 53.1 cm³/mol. The van der Waals surface area contributed by atoms with Crippen LogP contribution in [-0.2, 0) is 0 Å². The van der Waals surface area contributed by atoms with Crippen molar-refractivity contribution in [2.24, 2.45) is 11.8 Å². The van der Waals surface area contributed by atoms with Crippen LogP contribution in [0.4, 0.5) is 0 Å². The van der Waals surface area contributed by atoms with Crippen molar-refractivity contribution >= 4 is 0 Å². The van der Waals surface area contributed by atoms with Gasteiger partial charge in [0.2, 0.25) is 0 Å². The third kappa shape index (κ3) is 2.78. The summed E-state index contributed by atoms with van der Waals surface area (Å²) in [6.45, 7) is 3.70. The molecule has 0 bridgehead atoms. The average Bonchev–Trinajstić information content (AvgIpc) is 2.15. The lowest BCUT2D eigenvalue weighted by atomic mass is 9.79. The van der Waals surface area contributed by atoms with Crippen LogP contribution in [-0.4, -0.2) is 13.6 Å². The van der Waals surface area contributed by atoms with E-state index >= 15 is 0 Å². The summed E-state index contributed by atoms with van der Waals surface area (Å²) in [6.07, 6.45) is 8.87. The summed E-state index contributed by atoms with van der Waals surface area (Å²) in [5.74, 6) is 2.05. The van der Waals surface area contributed by atoms with Gasteiger partial charge in [0.05, 0.1) is 13.6 Å². The molecule has 1 rings (SSSR count). The van der Waals surface area contributed by atoms with E-state index < -0.39 is 0 Å². The molecule has 12 heavy (non-hydrogen) atoms. The molecule has 0 aliphatic heterocycles. The maximum Gasteiger partial charge on any atom is 0.0784 e. The Morgan fingerprint density at radius 1 is 1.25 bits per heavy atom. The SMILES string of the molecule is CCC(C[NH2+]C)C1CCCCC1. The average molecular weight is 170 g/mol. The second-order valence-corrected chi connectivity index (χ2v) is 4.21. The van der Waals surface area contributed by atoms with Crippen LogP contribution >= 0.6 is 0 Å². The summed E-state index contributed by atoms with van der Waals surface area (Å²) in [5, 5.41) is 2.35. The van der Waals surface area contributed by atoms with Crippen molar-refractivity contribution < 1.29 is 5.32 Å². The highest BCUT2D eigenvalue weighted by Gasteiger charge is 2.22. The zero-order chi connectivity index (χ0) is 8.81. The van der Waals surface area contributed by atoms with Crippen molar-refractivity contribution in [3.05, 3.63) is 0 Å². The Balaban J connectivity index is 2.29. The van der Waals surface area contributed by atoms with Gasteiger partial charge >= 0.3 is 0 Å². The van der Waals surface area contributed by atoms with E-state index in [1.165, 1.54) is 45.1 Å². The summed E-state index contributed by atoms with van der Waals surface area (Å²) < 4.78 is 0. The van der Waals surface area contributed by atoms with E-state index in [-0.39, 0.29) is 0 Å². The lowest BCUT2D eigenvalue weighted by molar-refractivity contribution is -0.634. The number of nitrogens with two attached hydrogens (primary N) is 1. The molecule has 1 heteroatoms. The summed E-state index contributed by atoms with van der Waals surface area (Å²) in [4.78, 5) is 0. The fourth-order valence-electron chi connectivity index (χ4n) is 2.60. The fraction of sp³-hybridized carbons (Fsp3) is 1.00. The minimum Gasteiger partial charge on any atom is -0.348 e. The van der Waals surface area contributed by atoms with Crippen LogP contribution in [0.15, 0.2) is 0 Å². The van der Waals surface area contributed by atoms with Crippen LogP contribution in [0.5, 0.6) is 0 Å². The standard InChI is InChI=1S/C11H23N/c1-3-10(9-12-2)11-7-5-4-6-8-11/h10-12H,3-9H2,1-2H3/p+1. The van der Waals surface area contributed by atoms with Crippen molar-refractivity contribution in [2.75, 3.05) is 13.6 Å². The highest BCUT2D eigenvalue weighted by molar-refractivity contribution is 4.72. The molecule has 0 spiro atoms. The van der Waals surface area contributed by atoms with Gasteiger partial charge in [0.25, 0.3) is 0 Å². The van der Waals surface area contributed by atoms with E-state index in [2.05, 4.69) is 19.3 Å². The van der Waals surface area contributed by atoms with E-state index in [9.17, 15) is 0 Å². The van der Waals surface area contributed by atoms with Gasteiger partial charge in [-0.25, -0.2) is 0 Å². The molecule has 72 valence electrons. The first kappa shape index (κ1) is 10.0. The Morgan fingerprint density at radius 3 is 2.42 bits per heavy atom. The molecule has 1 fully saturated rings. The van der Waals surface area contributed by atoms with Crippen LogP contribution in [0.1, 0.15) is 45.4 Å². The quantitative estimate of drug-likeness (QED) is 0.662. The first-order valence-electron chi connectivity index (χ1n) is 5.66.